The monoisotopic (exact) mass is 465 g/mol. The van der Waals surface area contributed by atoms with E-state index >= 15 is 0 Å². The van der Waals surface area contributed by atoms with Gasteiger partial charge in [0.1, 0.15) is 6.04 Å². The van der Waals surface area contributed by atoms with Gasteiger partial charge in [-0.05, 0) is 50.9 Å². The summed E-state index contributed by atoms with van der Waals surface area (Å²) >= 11 is 1.26. The van der Waals surface area contributed by atoms with E-state index in [9.17, 15) is 18.4 Å². The number of likely N-dealkylation sites (tertiary alicyclic amines) is 1. The molecule has 2 atom stereocenters. The molecule has 0 unspecified atom stereocenters. The number of hydrogen-bond donors (Lipinski definition) is 3. The molecule has 3 rings (SSSR count). The lowest BCUT2D eigenvalue weighted by Gasteiger charge is -2.38. The molecule has 1 aromatic heterocycles. The fourth-order valence-corrected chi connectivity index (χ4v) is 4.56. The van der Waals surface area contributed by atoms with Crippen LogP contribution >= 0.6 is 11.3 Å². The number of rotatable bonds is 8. The summed E-state index contributed by atoms with van der Waals surface area (Å²) in [4.78, 5) is 32.9. The molecule has 0 radical (unpaired) electrons. The summed E-state index contributed by atoms with van der Waals surface area (Å²) in [5.41, 5.74) is 6.04. The highest BCUT2D eigenvalue weighted by Crippen LogP contribution is 2.20. The van der Waals surface area contributed by atoms with Crippen molar-refractivity contribution in [1.82, 2.24) is 20.5 Å². The Morgan fingerprint density at radius 1 is 1.28 bits per heavy atom. The number of halogens is 2. The van der Waals surface area contributed by atoms with Crippen molar-refractivity contribution in [2.45, 2.75) is 64.2 Å². The van der Waals surface area contributed by atoms with E-state index < -0.39 is 23.6 Å². The molecular weight excluding hydrogens is 436 g/mol. The van der Waals surface area contributed by atoms with Gasteiger partial charge >= 0.3 is 0 Å². The Morgan fingerprint density at radius 2 is 2.06 bits per heavy atom. The molecule has 0 saturated carbocycles. The summed E-state index contributed by atoms with van der Waals surface area (Å²) in [7, 11) is 0. The normalized spacial score (nSPS) is 17.8. The SMILES string of the molecule is CC(C)N1CCCC[C@@H]1C(=O)N[C@@H](Cc1ccc(F)c(F)c1)C(=O)NCc1cnc(N)s1. The minimum Gasteiger partial charge on any atom is -0.375 e. The summed E-state index contributed by atoms with van der Waals surface area (Å²) in [6, 6.07) is 2.41. The van der Waals surface area contributed by atoms with Gasteiger partial charge in [0.2, 0.25) is 11.8 Å². The van der Waals surface area contributed by atoms with Crippen molar-refractivity contribution in [3.8, 4) is 0 Å². The first-order valence-corrected chi connectivity index (χ1v) is 11.5. The summed E-state index contributed by atoms with van der Waals surface area (Å²) < 4.78 is 27.0. The number of nitrogens with two attached hydrogens (primary N) is 1. The molecule has 0 bridgehead atoms. The van der Waals surface area contributed by atoms with E-state index in [1.165, 1.54) is 17.4 Å². The highest BCUT2D eigenvalue weighted by atomic mass is 32.1. The van der Waals surface area contributed by atoms with Gasteiger partial charge in [0.25, 0.3) is 0 Å². The van der Waals surface area contributed by atoms with Gasteiger partial charge in [-0.1, -0.05) is 12.5 Å². The highest BCUT2D eigenvalue weighted by Gasteiger charge is 2.32. The van der Waals surface area contributed by atoms with Gasteiger partial charge in [0, 0.05) is 23.5 Å². The van der Waals surface area contributed by atoms with Crippen molar-refractivity contribution in [3.63, 3.8) is 0 Å². The van der Waals surface area contributed by atoms with Crippen LogP contribution < -0.4 is 16.4 Å². The number of carbonyl (C=O) groups is 2. The third kappa shape index (κ3) is 6.23. The van der Waals surface area contributed by atoms with E-state index in [-0.39, 0.29) is 31.0 Å². The minimum atomic E-state index is -0.994. The van der Waals surface area contributed by atoms with Crippen molar-refractivity contribution in [3.05, 3.63) is 46.5 Å². The van der Waals surface area contributed by atoms with Gasteiger partial charge < -0.3 is 16.4 Å². The fraction of sp³-hybridized carbons (Fsp3) is 0.500. The molecule has 1 aliphatic heterocycles. The summed E-state index contributed by atoms with van der Waals surface area (Å²) in [6.07, 6.45) is 4.29. The lowest BCUT2D eigenvalue weighted by Crippen LogP contribution is -2.56. The molecule has 1 saturated heterocycles. The number of piperidine rings is 1. The summed E-state index contributed by atoms with van der Waals surface area (Å²) in [5.74, 6) is -2.60. The van der Waals surface area contributed by atoms with Crippen LogP contribution in [0.4, 0.5) is 13.9 Å². The molecular formula is C22H29F2N5O2S. The molecule has 1 fully saturated rings. The molecule has 7 nitrogen and oxygen atoms in total. The molecule has 0 spiro atoms. The first-order valence-electron chi connectivity index (χ1n) is 10.7. The van der Waals surface area contributed by atoms with Gasteiger partial charge in [-0.25, -0.2) is 13.8 Å². The van der Waals surface area contributed by atoms with E-state index in [4.69, 9.17) is 5.73 Å². The van der Waals surface area contributed by atoms with Crippen molar-refractivity contribution >= 4 is 28.3 Å². The maximum Gasteiger partial charge on any atom is 0.243 e. The average molecular weight is 466 g/mol. The number of aromatic nitrogens is 1. The second kappa shape index (κ2) is 10.8. The topological polar surface area (TPSA) is 100 Å². The van der Waals surface area contributed by atoms with Crippen LogP contribution in [0.3, 0.4) is 0 Å². The van der Waals surface area contributed by atoms with Crippen LogP contribution in [-0.4, -0.2) is 46.4 Å². The van der Waals surface area contributed by atoms with Gasteiger partial charge in [-0.3, -0.25) is 14.5 Å². The van der Waals surface area contributed by atoms with Gasteiger partial charge in [0.15, 0.2) is 16.8 Å². The lowest BCUT2D eigenvalue weighted by atomic mass is 9.98. The van der Waals surface area contributed by atoms with Gasteiger partial charge in [-0.2, -0.15) is 0 Å². The number of nitrogens with zero attached hydrogens (tertiary/aromatic N) is 2. The van der Waals surface area contributed by atoms with Crippen molar-refractivity contribution < 1.29 is 18.4 Å². The molecule has 10 heteroatoms. The van der Waals surface area contributed by atoms with Crippen LogP contribution in [0.5, 0.6) is 0 Å². The number of anilines is 1. The van der Waals surface area contributed by atoms with E-state index in [1.54, 1.807) is 6.20 Å². The summed E-state index contributed by atoms with van der Waals surface area (Å²) in [5, 5.41) is 6.03. The average Bonchev–Trinajstić information content (AvgIpc) is 3.19. The van der Waals surface area contributed by atoms with Crippen LogP contribution in [0.1, 0.15) is 43.6 Å². The summed E-state index contributed by atoms with van der Waals surface area (Å²) in [6.45, 7) is 5.11. The predicted molar refractivity (Wildman–Crippen MR) is 120 cm³/mol. The zero-order chi connectivity index (χ0) is 23.3. The number of amides is 2. The Labute approximate surface area is 190 Å². The zero-order valence-corrected chi connectivity index (χ0v) is 19.1. The van der Waals surface area contributed by atoms with E-state index in [0.717, 1.165) is 36.4 Å². The zero-order valence-electron chi connectivity index (χ0n) is 18.2. The number of carbonyl (C=O) groups excluding carboxylic acids is 2. The molecule has 0 aliphatic carbocycles. The van der Waals surface area contributed by atoms with Gasteiger partial charge in [-0.15, -0.1) is 11.3 Å². The maximum absolute atomic E-state index is 13.7. The number of thiazole rings is 1. The van der Waals surface area contributed by atoms with Crippen LogP contribution in [0.15, 0.2) is 24.4 Å². The molecule has 2 aromatic rings. The highest BCUT2D eigenvalue weighted by molar-refractivity contribution is 7.15. The van der Waals surface area contributed by atoms with Crippen molar-refractivity contribution in [2.75, 3.05) is 12.3 Å². The molecule has 2 heterocycles. The standard InChI is InChI=1S/C22H29F2N5O2S/c1-13(2)29-8-4-3-5-19(29)21(31)28-18(10-14-6-7-16(23)17(24)9-14)20(30)26-11-15-12-27-22(25)32-15/h6-7,9,12-13,18-19H,3-5,8,10-11H2,1-2H3,(H2,25,27)(H,26,30)(H,28,31)/t18-,19+/m0/s1. The Hall–Kier alpha value is -2.59. The van der Waals surface area contributed by atoms with Crippen LogP contribution in [-0.2, 0) is 22.6 Å². The van der Waals surface area contributed by atoms with E-state index in [0.29, 0.717) is 17.1 Å². The molecule has 32 heavy (non-hydrogen) atoms. The number of nitrogens with one attached hydrogen (secondary N) is 2. The van der Waals surface area contributed by atoms with Crippen LogP contribution in [0.2, 0.25) is 0 Å². The second-order valence-electron chi connectivity index (χ2n) is 8.24. The number of hydrogen-bond acceptors (Lipinski definition) is 6. The van der Waals surface area contributed by atoms with Crippen LogP contribution in [0.25, 0.3) is 0 Å². The van der Waals surface area contributed by atoms with Gasteiger partial charge in [0.05, 0.1) is 12.6 Å². The number of benzene rings is 1. The molecule has 1 aromatic carbocycles. The van der Waals surface area contributed by atoms with E-state index in [1.807, 2.05) is 13.8 Å². The molecule has 1 aliphatic rings. The first kappa shape index (κ1) is 24.1. The third-order valence-corrected chi connectivity index (χ3v) is 6.40. The largest absolute Gasteiger partial charge is 0.375 e. The minimum absolute atomic E-state index is 0.0357. The first-order chi connectivity index (χ1) is 15.2. The predicted octanol–water partition coefficient (Wildman–Crippen LogP) is 2.61. The lowest BCUT2D eigenvalue weighted by molar-refractivity contribution is -0.133. The quantitative estimate of drug-likeness (QED) is 0.557. The molecule has 2 amide bonds. The Balaban J connectivity index is 1.74. The second-order valence-corrected chi connectivity index (χ2v) is 9.39. The maximum atomic E-state index is 13.7. The molecule has 174 valence electrons. The van der Waals surface area contributed by atoms with Crippen LogP contribution in [0, 0.1) is 11.6 Å². The molecule has 4 N–H and O–H groups in total. The van der Waals surface area contributed by atoms with E-state index in [2.05, 4.69) is 20.5 Å². The fourth-order valence-electron chi connectivity index (χ4n) is 3.93. The van der Waals surface area contributed by atoms with Crippen molar-refractivity contribution in [2.24, 2.45) is 0 Å². The smallest absolute Gasteiger partial charge is 0.243 e. The third-order valence-electron chi connectivity index (χ3n) is 5.58. The number of nitrogen functional groups attached to an aromatic ring is 1. The Morgan fingerprint density at radius 3 is 2.72 bits per heavy atom. The Kier molecular flexibility index (Phi) is 8.14. The van der Waals surface area contributed by atoms with Crippen molar-refractivity contribution in [1.29, 1.82) is 0 Å². The Bertz CT molecular complexity index is 952.